The summed E-state index contributed by atoms with van der Waals surface area (Å²) in [6, 6.07) is 31.1. The van der Waals surface area contributed by atoms with Gasteiger partial charge in [-0.1, -0.05) is 91.0 Å². The minimum Gasteiger partial charge on any atom is -0.374 e. The van der Waals surface area contributed by atoms with Crippen LogP contribution in [0.25, 0.3) is 0 Å². The first kappa shape index (κ1) is 20.8. The highest BCUT2D eigenvalue weighted by Crippen LogP contribution is 2.38. The van der Waals surface area contributed by atoms with Gasteiger partial charge in [0.1, 0.15) is 6.23 Å². The Kier molecular flexibility index (Phi) is 7.64. The molecular weight excluding hydrogens is 374 g/mol. The van der Waals surface area contributed by atoms with E-state index in [0.717, 1.165) is 18.7 Å². The van der Waals surface area contributed by atoms with E-state index in [-0.39, 0.29) is 18.2 Å². The van der Waals surface area contributed by atoms with E-state index in [9.17, 15) is 0 Å². The molecule has 1 saturated heterocycles. The molecule has 3 aromatic rings. The van der Waals surface area contributed by atoms with Gasteiger partial charge in [-0.05, 0) is 16.7 Å². The molecule has 3 unspecified atom stereocenters. The van der Waals surface area contributed by atoms with Gasteiger partial charge in [-0.15, -0.1) is 0 Å². The number of rotatable bonds is 10. The normalized spacial score (nSPS) is 18.2. The van der Waals surface area contributed by atoms with E-state index in [2.05, 4.69) is 66.0 Å². The van der Waals surface area contributed by atoms with Crippen LogP contribution in [0.3, 0.4) is 0 Å². The lowest BCUT2D eigenvalue weighted by atomic mass is 9.87. The Morgan fingerprint density at radius 3 is 2.07 bits per heavy atom. The zero-order valence-corrected chi connectivity index (χ0v) is 17.2. The van der Waals surface area contributed by atoms with E-state index in [1.807, 2.05) is 30.3 Å². The van der Waals surface area contributed by atoms with Crippen molar-refractivity contribution in [3.05, 3.63) is 108 Å². The van der Waals surface area contributed by atoms with Gasteiger partial charge >= 0.3 is 0 Å². The van der Waals surface area contributed by atoms with E-state index in [1.165, 1.54) is 11.1 Å². The fraction of sp³-hybridized carbons (Fsp3) is 0.308. The quantitative estimate of drug-likeness (QED) is 0.499. The fourth-order valence-electron chi connectivity index (χ4n) is 3.91. The first-order chi connectivity index (χ1) is 14.9. The van der Waals surface area contributed by atoms with Crippen molar-refractivity contribution in [2.45, 2.75) is 24.9 Å². The summed E-state index contributed by atoms with van der Waals surface area (Å²) in [5, 5.41) is 3.50. The predicted molar refractivity (Wildman–Crippen MR) is 118 cm³/mol. The highest BCUT2D eigenvalue weighted by molar-refractivity contribution is 5.28. The molecule has 4 nitrogen and oxygen atoms in total. The first-order valence-electron chi connectivity index (χ1n) is 10.6. The Bertz CT molecular complexity index is 851. The van der Waals surface area contributed by atoms with Crippen molar-refractivity contribution in [3.63, 3.8) is 0 Å². The van der Waals surface area contributed by atoms with Gasteiger partial charge in [0.15, 0.2) is 0 Å². The molecule has 0 bridgehead atoms. The largest absolute Gasteiger partial charge is 0.374 e. The Labute approximate surface area is 178 Å². The van der Waals surface area contributed by atoms with Crippen LogP contribution < -0.4 is 5.32 Å². The minimum atomic E-state index is -0.135. The average Bonchev–Trinajstić information content (AvgIpc) is 3.34. The number of benzene rings is 3. The van der Waals surface area contributed by atoms with Gasteiger partial charge in [0.2, 0.25) is 0 Å². The lowest BCUT2D eigenvalue weighted by Crippen LogP contribution is -2.35. The van der Waals surface area contributed by atoms with Crippen molar-refractivity contribution in [1.82, 2.24) is 5.32 Å². The second-order valence-corrected chi connectivity index (χ2v) is 7.42. The molecule has 30 heavy (non-hydrogen) atoms. The summed E-state index contributed by atoms with van der Waals surface area (Å²) in [6.07, 6.45) is -0.215. The van der Waals surface area contributed by atoms with Crippen LogP contribution in [0.1, 0.15) is 28.7 Å². The van der Waals surface area contributed by atoms with Crippen LogP contribution in [0.2, 0.25) is 0 Å². The molecule has 0 spiro atoms. The smallest absolute Gasteiger partial charge is 0.118 e. The van der Waals surface area contributed by atoms with Gasteiger partial charge in [0.05, 0.1) is 38.4 Å². The molecule has 3 atom stereocenters. The summed E-state index contributed by atoms with van der Waals surface area (Å²) >= 11 is 0. The van der Waals surface area contributed by atoms with Crippen LogP contribution in [-0.2, 0) is 20.8 Å². The maximum Gasteiger partial charge on any atom is 0.118 e. The van der Waals surface area contributed by atoms with Gasteiger partial charge in [-0.2, -0.15) is 0 Å². The van der Waals surface area contributed by atoms with Crippen molar-refractivity contribution in [3.8, 4) is 0 Å². The third-order valence-corrected chi connectivity index (χ3v) is 5.35. The molecule has 156 valence electrons. The second kappa shape index (κ2) is 11.0. The highest BCUT2D eigenvalue weighted by atomic mass is 16.5. The topological polar surface area (TPSA) is 39.7 Å². The SMILES string of the molecule is c1ccc(COCCOC(c2ccccc2)C(c2ccccc2)C2NCCO2)cc1. The number of hydrogen-bond donors (Lipinski definition) is 1. The number of ether oxygens (including phenoxy) is 3. The molecule has 1 fully saturated rings. The molecule has 1 aliphatic rings. The molecule has 4 rings (SSSR count). The summed E-state index contributed by atoms with van der Waals surface area (Å²) in [5.74, 6) is 0.0465. The van der Waals surface area contributed by atoms with Gasteiger partial charge in [0.25, 0.3) is 0 Å². The number of hydrogen-bond acceptors (Lipinski definition) is 4. The van der Waals surface area contributed by atoms with E-state index < -0.39 is 0 Å². The molecule has 1 N–H and O–H groups in total. The van der Waals surface area contributed by atoms with Gasteiger partial charge in [0, 0.05) is 6.54 Å². The molecular formula is C26H29NO3. The third kappa shape index (κ3) is 5.55. The van der Waals surface area contributed by atoms with Crippen molar-refractivity contribution in [2.24, 2.45) is 0 Å². The third-order valence-electron chi connectivity index (χ3n) is 5.35. The minimum absolute atomic E-state index is 0.0465. The summed E-state index contributed by atoms with van der Waals surface area (Å²) in [5.41, 5.74) is 3.52. The molecule has 4 heteroatoms. The van der Waals surface area contributed by atoms with E-state index in [0.29, 0.717) is 19.8 Å². The van der Waals surface area contributed by atoms with Crippen LogP contribution in [0.4, 0.5) is 0 Å². The lowest BCUT2D eigenvalue weighted by Gasteiger charge is -2.32. The summed E-state index contributed by atoms with van der Waals surface area (Å²) < 4.78 is 18.3. The standard InChI is InChI=1S/C26H29NO3/c1-4-10-21(11-5-1)20-28-18-19-29-25(23-14-8-3-9-15-23)24(26-27-16-17-30-26)22-12-6-2-7-13-22/h1-15,24-27H,16-20H2. The van der Waals surface area contributed by atoms with E-state index in [4.69, 9.17) is 14.2 Å². The van der Waals surface area contributed by atoms with Crippen LogP contribution in [0.15, 0.2) is 91.0 Å². The molecule has 1 aliphatic heterocycles. The lowest BCUT2D eigenvalue weighted by molar-refractivity contribution is -0.0442. The van der Waals surface area contributed by atoms with E-state index >= 15 is 0 Å². The fourth-order valence-corrected chi connectivity index (χ4v) is 3.91. The van der Waals surface area contributed by atoms with Crippen molar-refractivity contribution < 1.29 is 14.2 Å². The van der Waals surface area contributed by atoms with E-state index in [1.54, 1.807) is 0 Å². The number of nitrogens with one attached hydrogen (secondary N) is 1. The molecule has 3 aromatic carbocycles. The maximum absolute atomic E-state index is 6.45. The van der Waals surface area contributed by atoms with Crippen LogP contribution >= 0.6 is 0 Å². The van der Waals surface area contributed by atoms with Crippen LogP contribution in [0, 0.1) is 0 Å². The van der Waals surface area contributed by atoms with Crippen LogP contribution in [0.5, 0.6) is 0 Å². The second-order valence-electron chi connectivity index (χ2n) is 7.42. The Morgan fingerprint density at radius 2 is 1.43 bits per heavy atom. The average molecular weight is 404 g/mol. The molecule has 0 aromatic heterocycles. The summed E-state index contributed by atoms with van der Waals surface area (Å²) in [6.45, 7) is 3.22. The van der Waals surface area contributed by atoms with Crippen LogP contribution in [-0.4, -0.2) is 32.6 Å². The molecule has 0 saturated carbocycles. The van der Waals surface area contributed by atoms with Gasteiger partial charge in [-0.25, -0.2) is 0 Å². The van der Waals surface area contributed by atoms with Crippen molar-refractivity contribution in [1.29, 1.82) is 0 Å². The van der Waals surface area contributed by atoms with Crippen molar-refractivity contribution >= 4 is 0 Å². The molecule has 0 radical (unpaired) electrons. The van der Waals surface area contributed by atoms with Gasteiger partial charge < -0.3 is 14.2 Å². The predicted octanol–water partition coefficient (Wildman–Crippen LogP) is 4.69. The van der Waals surface area contributed by atoms with Crippen molar-refractivity contribution in [2.75, 3.05) is 26.4 Å². The Morgan fingerprint density at radius 1 is 0.800 bits per heavy atom. The molecule has 1 heterocycles. The zero-order chi connectivity index (χ0) is 20.4. The van der Waals surface area contributed by atoms with Gasteiger partial charge in [-0.3, -0.25) is 5.32 Å². The highest BCUT2D eigenvalue weighted by Gasteiger charge is 2.35. The molecule has 0 aliphatic carbocycles. The summed E-state index contributed by atoms with van der Waals surface area (Å²) in [4.78, 5) is 0. The maximum atomic E-state index is 6.45. The summed E-state index contributed by atoms with van der Waals surface area (Å²) in [7, 11) is 0. The zero-order valence-electron chi connectivity index (χ0n) is 17.2. The Hall–Kier alpha value is -2.50. The first-order valence-corrected chi connectivity index (χ1v) is 10.6. The molecule has 0 amide bonds. The Balaban J connectivity index is 1.47. The monoisotopic (exact) mass is 403 g/mol.